The van der Waals surface area contributed by atoms with Crippen LogP contribution in [0.2, 0.25) is 10.0 Å². The van der Waals surface area contributed by atoms with E-state index in [4.69, 9.17) is 51.9 Å². The number of para-hydroxylation sites is 1. The Morgan fingerprint density at radius 1 is 0.970 bits per heavy atom. The maximum absolute atomic E-state index is 13.3. The Labute approximate surface area is 398 Å². The Morgan fingerprint density at radius 3 is 2.45 bits per heavy atom. The minimum Gasteiger partial charge on any atom is -0.496 e. The monoisotopic (exact) mass is 956 g/mol. The van der Waals surface area contributed by atoms with Gasteiger partial charge in [0.15, 0.2) is 11.6 Å². The number of hydrogen-bond donors (Lipinski definition) is 2. The van der Waals surface area contributed by atoms with E-state index in [1.165, 1.54) is 17.7 Å². The van der Waals surface area contributed by atoms with Crippen molar-refractivity contribution in [3.63, 3.8) is 0 Å². The smallest absolute Gasteiger partial charge is 0.345 e. The molecule has 0 radical (unpaired) electrons. The van der Waals surface area contributed by atoms with Gasteiger partial charge in [-0.05, 0) is 107 Å². The lowest BCUT2D eigenvalue weighted by Crippen LogP contribution is -2.49. The fourth-order valence-electron chi connectivity index (χ4n) is 8.43. The van der Waals surface area contributed by atoms with E-state index in [1.807, 2.05) is 38.1 Å². The topological polar surface area (TPSA) is 162 Å². The minimum atomic E-state index is -1.43. The lowest BCUT2D eigenvalue weighted by atomic mass is 9.91. The van der Waals surface area contributed by atoms with Crippen molar-refractivity contribution >= 4 is 50.7 Å². The van der Waals surface area contributed by atoms with Crippen molar-refractivity contribution in [2.45, 2.75) is 77.8 Å². The van der Waals surface area contributed by atoms with Crippen LogP contribution in [0, 0.1) is 13.8 Å². The molecule has 2 atom stereocenters. The minimum absolute atomic E-state index is 0.0515. The Bertz CT molecular complexity index is 2690. The van der Waals surface area contributed by atoms with Gasteiger partial charge in [0.1, 0.15) is 47.7 Å². The summed E-state index contributed by atoms with van der Waals surface area (Å²) < 4.78 is 31.9. The first kappa shape index (κ1) is 47.2. The molecule has 0 unspecified atom stereocenters. The normalized spacial score (nSPS) is 17.2. The SMILES string of the molecule is COc1ccccc1-c1nccc(COc2ccc3cc2C[C@H](C(=O)O)Oc2ncnc4sc(CCCC(C)(C)O)c(c24)-c2c(C)c(Cl)c(c(Cl)c2C)O[C@H](CN2CCN(C)CC2)CO3)n1. The van der Waals surface area contributed by atoms with Crippen LogP contribution in [-0.4, -0.2) is 117 Å². The molecule has 9 rings (SSSR count). The molecule has 1 saturated heterocycles. The van der Waals surface area contributed by atoms with Crippen molar-refractivity contribution in [1.82, 2.24) is 29.7 Å². The number of piperazine rings is 1. The van der Waals surface area contributed by atoms with Crippen molar-refractivity contribution in [2.24, 2.45) is 0 Å². The van der Waals surface area contributed by atoms with Gasteiger partial charge in [-0.1, -0.05) is 35.3 Å². The zero-order chi connectivity index (χ0) is 46.7. The van der Waals surface area contributed by atoms with Crippen LogP contribution >= 0.6 is 34.5 Å². The molecule has 2 N–H and O–H groups in total. The van der Waals surface area contributed by atoms with Crippen molar-refractivity contribution in [3.8, 4) is 51.4 Å². The van der Waals surface area contributed by atoms with Crippen LogP contribution in [0.5, 0.6) is 28.9 Å². The molecule has 0 spiro atoms. The molecule has 348 valence electrons. The Hall–Kier alpha value is -5.29. The fourth-order valence-corrected chi connectivity index (χ4v) is 10.1. The van der Waals surface area contributed by atoms with Crippen molar-refractivity contribution in [3.05, 3.63) is 98.4 Å². The van der Waals surface area contributed by atoms with Gasteiger partial charge in [0.25, 0.3) is 0 Å². The quantitative estimate of drug-likeness (QED) is 0.120. The molecule has 14 nitrogen and oxygen atoms in total. The number of rotatable bonds is 12. The number of thiophene rings is 1. The predicted molar refractivity (Wildman–Crippen MR) is 256 cm³/mol. The number of aromatic nitrogens is 4. The summed E-state index contributed by atoms with van der Waals surface area (Å²) in [6, 6.07) is 14.6. The number of nitrogens with zero attached hydrogens (tertiary/aromatic N) is 6. The molecular formula is C49H54Cl2N6O8S. The van der Waals surface area contributed by atoms with Crippen LogP contribution in [0.4, 0.5) is 0 Å². The average molecular weight is 958 g/mol. The third-order valence-electron chi connectivity index (χ3n) is 12.0. The largest absolute Gasteiger partial charge is 0.496 e. The van der Waals surface area contributed by atoms with E-state index in [0.29, 0.717) is 86.1 Å². The van der Waals surface area contributed by atoms with Crippen LogP contribution < -0.4 is 23.7 Å². The number of likely N-dealkylation sites (N-methyl/N-ethyl adjacent to an activating group) is 1. The molecule has 0 saturated carbocycles. The molecule has 0 amide bonds. The fraction of sp³-hybridized carbons (Fsp3) is 0.408. The number of fused-ring (bicyclic) bond motifs is 7. The van der Waals surface area contributed by atoms with Gasteiger partial charge >= 0.3 is 5.97 Å². The van der Waals surface area contributed by atoms with Crippen LogP contribution in [0.15, 0.2) is 61.1 Å². The zero-order valence-electron chi connectivity index (χ0n) is 37.9. The molecule has 1 fully saturated rings. The standard InChI is InChI=1S/C49H54Cl2N6O8S/c1-28-39-29(2)43(51)44(42(28)50)64-33(24-57-20-18-56(5)19-21-57)26-62-32-13-14-35(63-25-31-15-17-52-45(55-31)34-10-7-8-11-36(34)61-6)30(22-32)23-37(48(58)59)65-46-41-40(39)38(12-9-16-49(3,4)60)66-47(41)54-27-53-46/h7-8,10-11,13-15,17,22,27,33,37,60H,9,12,16,18-21,23-26H2,1-6H3,(H,58,59)/t33-,37-/m1/s1. The molecule has 0 aliphatic carbocycles. The summed E-state index contributed by atoms with van der Waals surface area (Å²) in [7, 11) is 3.71. The number of hydrogen-bond acceptors (Lipinski definition) is 14. The second-order valence-corrected chi connectivity index (χ2v) is 19.3. The molecule has 17 heteroatoms. The highest BCUT2D eigenvalue weighted by molar-refractivity contribution is 7.19. The number of aliphatic carboxylic acids is 1. The van der Waals surface area contributed by atoms with Gasteiger partial charge in [0, 0.05) is 61.3 Å². The number of benzene rings is 3. The van der Waals surface area contributed by atoms with E-state index in [9.17, 15) is 15.0 Å². The summed E-state index contributed by atoms with van der Waals surface area (Å²) in [6.07, 6.45) is 2.78. The van der Waals surface area contributed by atoms with Gasteiger partial charge in [-0.15, -0.1) is 11.3 Å². The molecule has 3 aliphatic rings. The van der Waals surface area contributed by atoms with Crippen LogP contribution in [0.1, 0.15) is 54.0 Å². The van der Waals surface area contributed by atoms with Gasteiger partial charge in [-0.2, -0.15) is 0 Å². The molecule has 3 aromatic heterocycles. The van der Waals surface area contributed by atoms with E-state index < -0.39 is 23.8 Å². The summed E-state index contributed by atoms with van der Waals surface area (Å²) in [6.45, 7) is 11.7. The number of aryl methyl sites for hydroxylation is 1. The molecule has 6 aromatic rings. The third kappa shape index (κ3) is 10.6. The maximum atomic E-state index is 13.3. The first-order chi connectivity index (χ1) is 31.7. The van der Waals surface area contributed by atoms with Crippen LogP contribution in [-0.2, 0) is 24.2 Å². The lowest BCUT2D eigenvalue weighted by Gasteiger charge is -2.35. The van der Waals surface area contributed by atoms with Gasteiger partial charge in [0.2, 0.25) is 12.0 Å². The molecule has 3 aliphatic heterocycles. The van der Waals surface area contributed by atoms with E-state index in [0.717, 1.165) is 58.9 Å². The predicted octanol–water partition coefficient (Wildman–Crippen LogP) is 8.88. The van der Waals surface area contributed by atoms with Crippen molar-refractivity contribution in [1.29, 1.82) is 0 Å². The summed E-state index contributed by atoms with van der Waals surface area (Å²) in [5.74, 6) is 1.24. The highest BCUT2D eigenvalue weighted by atomic mass is 35.5. The molecular weight excluding hydrogens is 904 g/mol. The van der Waals surface area contributed by atoms with Gasteiger partial charge < -0.3 is 38.8 Å². The highest BCUT2D eigenvalue weighted by Crippen LogP contribution is 2.51. The number of carboxylic acid groups (broad SMARTS) is 1. The molecule has 4 bridgehead atoms. The van der Waals surface area contributed by atoms with Gasteiger partial charge in [0.05, 0.1) is 39.4 Å². The zero-order valence-corrected chi connectivity index (χ0v) is 40.2. The number of carbonyl (C=O) groups is 1. The summed E-state index contributed by atoms with van der Waals surface area (Å²) in [4.78, 5) is 38.0. The second kappa shape index (κ2) is 20.3. The number of halogens is 2. The van der Waals surface area contributed by atoms with Crippen molar-refractivity contribution < 1.29 is 38.7 Å². The van der Waals surface area contributed by atoms with E-state index in [1.54, 1.807) is 51.4 Å². The molecule has 3 aromatic carbocycles. The average Bonchev–Trinajstić information content (AvgIpc) is 3.66. The van der Waals surface area contributed by atoms with E-state index >= 15 is 0 Å². The van der Waals surface area contributed by atoms with Gasteiger partial charge in [-0.3, -0.25) is 4.90 Å². The first-order valence-corrected chi connectivity index (χ1v) is 23.5. The van der Waals surface area contributed by atoms with Gasteiger partial charge in [-0.25, -0.2) is 24.7 Å². The molecule has 6 heterocycles. The van der Waals surface area contributed by atoms with Crippen LogP contribution in [0.3, 0.4) is 0 Å². The highest BCUT2D eigenvalue weighted by Gasteiger charge is 2.32. The lowest BCUT2D eigenvalue weighted by molar-refractivity contribution is -0.145. The summed E-state index contributed by atoms with van der Waals surface area (Å²) in [5.41, 5.74) is 3.92. The number of carboxylic acids is 1. The number of aliphatic hydroxyl groups is 1. The van der Waals surface area contributed by atoms with E-state index in [2.05, 4.69) is 31.8 Å². The first-order valence-electron chi connectivity index (χ1n) is 22.0. The van der Waals surface area contributed by atoms with Crippen molar-refractivity contribution in [2.75, 3.05) is 53.5 Å². The third-order valence-corrected chi connectivity index (χ3v) is 14.0. The Morgan fingerprint density at radius 2 is 1.73 bits per heavy atom. The number of methoxy groups -OCH3 is 1. The summed E-state index contributed by atoms with van der Waals surface area (Å²) in [5, 5.41) is 22.8. The Kier molecular flexibility index (Phi) is 14.5. The van der Waals surface area contributed by atoms with E-state index in [-0.39, 0.29) is 25.5 Å². The van der Waals surface area contributed by atoms with Crippen LogP contribution in [0.25, 0.3) is 32.7 Å². The molecule has 66 heavy (non-hydrogen) atoms. The maximum Gasteiger partial charge on any atom is 0.345 e. The number of ether oxygens (including phenoxy) is 5. The second-order valence-electron chi connectivity index (χ2n) is 17.4. The summed E-state index contributed by atoms with van der Waals surface area (Å²) >= 11 is 16.1. The Balaban J connectivity index is 1.23.